The maximum absolute atomic E-state index is 5.10. The summed E-state index contributed by atoms with van der Waals surface area (Å²) in [5.74, 6) is 2.04. The highest BCUT2D eigenvalue weighted by atomic mass is 16.5. The second-order valence-electron chi connectivity index (χ2n) is 5.93. The Labute approximate surface area is 145 Å². The Kier molecular flexibility index (Phi) is 7.77. The lowest BCUT2D eigenvalue weighted by Gasteiger charge is -2.37. The van der Waals surface area contributed by atoms with E-state index < -0.39 is 0 Å². The largest absolute Gasteiger partial charge is 0.383 e. The number of rotatable bonds is 7. The van der Waals surface area contributed by atoms with Crippen LogP contribution in [-0.4, -0.2) is 94.4 Å². The third-order valence-corrected chi connectivity index (χ3v) is 4.22. The molecule has 2 heterocycles. The number of hydrogen-bond acceptors (Lipinski definition) is 5. The van der Waals surface area contributed by atoms with Crippen molar-refractivity contribution in [1.29, 1.82) is 0 Å². The van der Waals surface area contributed by atoms with Gasteiger partial charge in [-0.1, -0.05) is 6.07 Å². The molecular weight excluding hydrogens is 304 g/mol. The van der Waals surface area contributed by atoms with E-state index in [0.29, 0.717) is 0 Å². The molecule has 1 saturated heterocycles. The quantitative estimate of drug-likeness (QED) is 0.574. The molecule has 134 valence electrons. The van der Waals surface area contributed by atoms with Crippen molar-refractivity contribution in [2.75, 3.05) is 78.5 Å². The normalized spacial score (nSPS) is 15.9. The molecule has 0 radical (unpaired) electrons. The molecule has 0 bridgehead atoms. The van der Waals surface area contributed by atoms with Crippen LogP contribution in [0.3, 0.4) is 0 Å². The van der Waals surface area contributed by atoms with Gasteiger partial charge in [0.25, 0.3) is 0 Å². The van der Waals surface area contributed by atoms with Crippen LogP contribution in [0.25, 0.3) is 0 Å². The van der Waals surface area contributed by atoms with Gasteiger partial charge >= 0.3 is 0 Å². The summed E-state index contributed by atoms with van der Waals surface area (Å²) in [5, 5.41) is 3.46. The zero-order chi connectivity index (χ0) is 17.2. The van der Waals surface area contributed by atoms with Gasteiger partial charge in [-0.15, -0.1) is 0 Å². The minimum atomic E-state index is 0.765. The lowest BCUT2D eigenvalue weighted by Crippen LogP contribution is -2.53. The lowest BCUT2D eigenvalue weighted by atomic mass is 10.3. The number of aromatic nitrogens is 1. The summed E-state index contributed by atoms with van der Waals surface area (Å²) in [7, 11) is 5.69. The van der Waals surface area contributed by atoms with E-state index in [-0.39, 0.29) is 0 Å². The zero-order valence-corrected chi connectivity index (χ0v) is 15.1. The number of nitrogens with one attached hydrogen (secondary N) is 1. The van der Waals surface area contributed by atoms with Gasteiger partial charge in [0.15, 0.2) is 5.96 Å². The van der Waals surface area contributed by atoms with Crippen molar-refractivity contribution in [3.05, 3.63) is 24.4 Å². The van der Waals surface area contributed by atoms with E-state index in [9.17, 15) is 0 Å². The maximum atomic E-state index is 5.10. The number of methoxy groups -OCH3 is 1. The Bertz CT molecular complexity index is 487. The van der Waals surface area contributed by atoms with Crippen molar-refractivity contribution in [3.63, 3.8) is 0 Å². The molecule has 7 nitrogen and oxygen atoms in total. The van der Waals surface area contributed by atoms with Crippen LogP contribution in [-0.2, 0) is 4.74 Å². The molecule has 1 N–H and O–H groups in total. The first-order chi connectivity index (χ1) is 11.7. The van der Waals surface area contributed by atoms with Gasteiger partial charge in [-0.2, -0.15) is 0 Å². The van der Waals surface area contributed by atoms with Crippen molar-refractivity contribution in [2.24, 2.45) is 4.99 Å². The molecule has 1 aromatic heterocycles. The van der Waals surface area contributed by atoms with E-state index in [4.69, 9.17) is 4.74 Å². The molecule has 0 spiro atoms. The molecule has 1 aliphatic rings. The van der Waals surface area contributed by atoms with Gasteiger partial charge in [0.05, 0.1) is 6.61 Å². The van der Waals surface area contributed by atoms with E-state index in [1.807, 2.05) is 25.4 Å². The Hall–Kier alpha value is -1.86. The summed E-state index contributed by atoms with van der Waals surface area (Å²) in [6.07, 6.45) is 1.85. The fourth-order valence-electron chi connectivity index (χ4n) is 2.74. The standard InChI is InChI=1S/C17H30N6O/c1-18-17(20-8-9-21(2)14-15-24-3)23-12-10-22(11-13-23)16-6-4-5-7-19-16/h4-7H,8-15H2,1-3H3,(H,18,20). The molecule has 24 heavy (non-hydrogen) atoms. The molecule has 0 atom stereocenters. The van der Waals surface area contributed by atoms with Crippen molar-refractivity contribution >= 4 is 11.8 Å². The molecule has 0 aliphatic carbocycles. The van der Waals surface area contributed by atoms with Crippen LogP contribution in [0.1, 0.15) is 0 Å². The SMILES string of the molecule is CN=C(NCCN(C)CCOC)N1CCN(c2ccccn2)CC1. The Morgan fingerprint density at radius 2 is 2.08 bits per heavy atom. The number of ether oxygens (including phenoxy) is 1. The third kappa shape index (κ3) is 5.65. The average molecular weight is 334 g/mol. The first kappa shape index (κ1) is 18.5. The highest BCUT2D eigenvalue weighted by Crippen LogP contribution is 2.12. The fourth-order valence-corrected chi connectivity index (χ4v) is 2.74. The van der Waals surface area contributed by atoms with Gasteiger partial charge in [-0.05, 0) is 19.2 Å². The van der Waals surface area contributed by atoms with E-state index in [2.05, 4.69) is 43.1 Å². The van der Waals surface area contributed by atoms with Crippen LogP contribution in [0.5, 0.6) is 0 Å². The summed E-state index contributed by atoms with van der Waals surface area (Å²) in [6.45, 7) is 7.40. The minimum Gasteiger partial charge on any atom is -0.383 e. The van der Waals surface area contributed by atoms with E-state index in [0.717, 1.165) is 64.2 Å². The van der Waals surface area contributed by atoms with Crippen LogP contribution in [0.2, 0.25) is 0 Å². The molecule has 0 unspecified atom stereocenters. The van der Waals surface area contributed by atoms with Gasteiger partial charge in [-0.25, -0.2) is 4.98 Å². The highest BCUT2D eigenvalue weighted by molar-refractivity contribution is 5.80. The van der Waals surface area contributed by atoms with E-state index in [1.54, 1.807) is 7.11 Å². The average Bonchev–Trinajstić information content (AvgIpc) is 2.64. The smallest absolute Gasteiger partial charge is 0.193 e. The van der Waals surface area contributed by atoms with Crippen LogP contribution in [0.15, 0.2) is 29.4 Å². The van der Waals surface area contributed by atoms with Gasteiger partial charge in [0, 0.05) is 66.2 Å². The molecule has 1 fully saturated rings. The number of pyridine rings is 1. The lowest BCUT2D eigenvalue weighted by molar-refractivity contribution is 0.162. The van der Waals surface area contributed by atoms with E-state index in [1.165, 1.54) is 0 Å². The molecule has 0 saturated carbocycles. The first-order valence-electron chi connectivity index (χ1n) is 8.53. The topological polar surface area (TPSA) is 56.2 Å². The first-order valence-corrected chi connectivity index (χ1v) is 8.53. The van der Waals surface area contributed by atoms with Crippen LogP contribution < -0.4 is 10.2 Å². The molecule has 1 aliphatic heterocycles. The van der Waals surface area contributed by atoms with Gasteiger partial charge in [-0.3, -0.25) is 4.99 Å². The van der Waals surface area contributed by atoms with Gasteiger partial charge in [0.2, 0.25) is 0 Å². The predicted molar refractivity (Wildman–Crippen MR) is 98.8 cm³/mol. The second kappa shape index (κ2) is 10.1. The fraction of sp³-hybridized carbons (Fsp3) is 0.647. The van der Waals surface area contributed by atoms with Crippen molar-refractivity contribution in [1.82, 2.24) is 20.1 Å². The summed E-state index contributed by atoms with van der Waals surface area (Å²) in [5.41, 5.74) is 0. The molecule has 1 aromatic rings. The maximum Gasteiger partial charge on any atom is 0.193 e. The number of anilines is 1. The number of piperazine rings is 1. The second-order valence-corrected chi connectivity index (χ2v) is 5.93. The molecular formula is C17H30N6O. The third-order valence-electron chi connectivity index (χ3n) is 4.22. The monoisotopic (exact) mass is 334 g/mol. The number of guanidine groups is 1. The highest BCUT2D eigenvalue weighted by Gasteiger charge is 2.20. The predicted octanol–water partition coefficient (Wildman–Crippen LogP) is 0.357. The van der Waals surface area contributed by atoms with Crippen LogP contribution in [0, 0.1) is 0 Å². The van der Waals surface area contributed by atoms with Crippen molar-refractivity contribution in [2.45, 2.75) is 0 Å². The minimum absolute atomic E-state index is 0.765. The van der Waals surface area contributed by atoms with E-state index >= 15 is 0 Å². The molecule has 0 aromatic carbocycles. The summed E-state index contributed by atoms with van der Waals surface area (Å²) >= 11 is 0. The summed E-state index contributed by atoms with van der Waals surface area (Å²) < 4.78 is 5.10. The molecule has 0 amide bonds. The van der Waals surface area contributed by atoms with Gasteiger partial charge in [0.1, 0.15) is 5.82 Å². The number of aliphatic imine (C=N–C) groups is 1. The Morgan fingerprint density at radius 1 is 1.29 bits per heavy atom. The Balaban J connectivity index is 1.73. The van der Waals surface area contributed by atoms with Crippen LogP contribution in [0.4, 0.5) is 5.82 Å². The Morgan fingerprint density at radius 3 is 2.71 bits per heavy atom. The van der Waals surface area contributed by atoms with Crippen molar-refractivity contribution in [3.8, 4) is 0 Å². The molecule has 7 heteroatoms. The number of nitrogens with zero attached hydrogens (tertiary/aromatic N) is 5. The molecule has 2 rings (SSSR count). The van der Waals surface area contributed by atoms with Crippen LogP contribution >= 0.6 is 0 Å². The number of likely N-dealkylation sites (N-methyl/N-ethyl adjacent to an activating group) is 1. The zero-order valence-electron chi connectivity index (χ0n) is 15.1. The summed E-state index contributed by atoms with van der Waals surface area (Å²) in [4.78, 5) is 15.7. The summed E-state index contributed by atoms with van der Waals surface area (Å²) in [6, 6.07) is 6.06. The number of hydrogen-bond donors (Lipinski definition) is 1. The van der Waals surface area contributed by atoms with Crippen molar-refractivity contribution < 1.29 is 4.74 Å². The van der Waals surface area contributed by atoms with Gasteiger partial charge < -0.3 is 24.8 Å².